The summed E-state index contributed by atoms with van der Waals surface area (Å²) in [7, 11) is 0. The molecule has 0 atom stereocenters. The van der Waals surface area contributed by atoms with E-state index in [0.29, 0.717) is 11.1 Å². The van der Waals surface area contributed by atoms with Gasteiger partial charge in [-0.1, -0.05) is 60.7 Å². The molecule has 0 bridgehead atoms. The number of hydrogen-bond donors (Lipinski definition) is 0. The van der Waals surface area contributed by atoms with Crippen molar-refractivity contribution < 1.29 is 42.9 Å². The van der Waals surface area contributed by atoms with Gasteiger partial charge in [-0.3, -0.25) is 19.2 Å². The fraction of sp³-hybridized carbons (Fsp3) is 0.333. The van der Waals surface area contributed by atoms with E-state index in [1.54, 1.807) is 60.7 Å². The number of hydrogen-bond acceptors (Lipinski definition) is 9. The topological polar surface area (TPSA) is 114 Å². The standard InChI is InChI=1S/C24H26O9/c1-17(25)29-23(30-18(2)26,15-21-11-7-5-8-12-21)33-24(31-19(3)27,32-20(4)28)16-22-13-9-6-10-14-22/h5-14H,15-16H2,1-4H3. The van der Waals surface area contributed by atoms with Gasteiger partial charge in [0.05, 0.1) is 12.8 Å². The number of carbonyl (C=O) groups excluding carboxylic acids is 4. The van der Waals surface area contributed by atoms with Crippen LogP contribution < -0.4 is 0 Å². The second-order valence-electron chi connectivity index (χ2n) is 7.17. The van der Waals surface area contributed by atoms with Crippen molar-refractivity contribution in [2.24, 2.45) is 0 Å². The van der Waals surface area contributed by atoms with Crippen molar-refractivity contribution in [1.82, 2.24) is 0 Å². The summed E-state index contributed by atoms with van der Waals surface area (Å²) in [4.78, 5) is 48.0. The van der Waals surface area contributed by atoms with Crippen molar-refractivity contribution in [2.45, 2.75) is 52.5 Å². The SMILES string of the molecule is CC(=O)OC(Cc1ccccc1)(OC(C)=O)OC(Cc1ccccc1)(OC(C)=O)OC(C)=O. The third kappa shape index (κ3) is 8.38. The van der Waals surface area contributed by atoms with Crippen LogP contribution in [0.4, 0.5) is 0 Å². The molecular formula is C24H26O9. The molecule has 0 amide bonds. The zero-order valence-corrected chi connectivity index (χ0v) is 18.9. The second-order valence-corrected chi connectivity index (χ2v) is 7.17. The highest BCUT2D eigenvalue weighted by Crippen LogP contribution is 2.33. The highest BCUT2D eigenvalue weighted by atomic mass is 17.0. The Bertz CT molecular complexity index is 858. The lowest BCUT2D eigenvalue weighted by Gasteiger charge is -2.39. The van der Waals surface area contributed by atoms with Crippen LogP contribution in [0.3, 0.4) is 0 Å². The summed E-state index contributed by atoms with van der Waals surface area (Å²) in [6.45, 7) is 4.35. The maximum Gasteiger partial charge on any atom is 0.385 e. The number of carbonyl (C=O) groups is 4. The average Bonchev–Trinajstić information content (AvgIpc) is 2.66. The fourth-order valence-corrected chi connectivity index (χ4v) is 3.15. The van der Waals surface area contributed by atoms with E-state index >= 15 is 0 Å². The van der Waals surface area contributed by atoms with Gasteiger partial charge in [0.1, 0.15) is 0 Å². The smallest absolute Gasteiger partial charge is 0.385 e. The Kier molecular flexibility index (Phi) is 8.70. The number of benzene rings is 2. The van der Waals surface area contributed by atoms with Gasteiger partial charge in [0, 0.05) is 27.7 Å². The molecule has 0 aliphatic heterocycles. The number of esters is 4. The van der Waals surface area contributed by atoms with Crippen molar-refractivity contribution in [2.75, 3.05) is 0 Å². The Hall–Kier alpha value is -3.72. The van der Waals surface area contributed by atoms with Crippen LogP contribution in [-0.4, -0.2) is 35.8 Å². The van der Waals surface area contributed by atoms with Gasteiger partial charge in [-0.05, 0) is 11.1 Å². The van der Waals surface area contributed by atoms with Crippen LogP contribution in [0.1, 0.15) is 38.8 Å². The first-order valence-corrected chi connectivity index (χ1v) is 10.1. The molecule has 0 N–H and O–H groups in total. The van der Waals surface area contributed by atoms with Gasteiger partial charge in [-0.2, -0.15) is 0 Å². The Morgan fingerprint density at radius 3 is 1.06 bits per heavy atom. The minimum absolute atomic E-state index is 0.286. The molecule has 0 heterocycles. The van der Waals surface area contributed by atoms with E-state index in [2.05, 4.69) is 0 Å². The number of ether oxygens (including phenoxy) is 5. The van der Waals surface area contributed by atoms with Crippen LogP contribution in [0, 0.1) is 0 Å². The highest BCUT2D eigenvalue weighted by molar-refractivity contribution is 5.69. The Labute approximate surface area is 191 Å². The molecule has 0 fully saturated rings. The lowest BCUT2D eigenvalue weighted by atomic mass is 10.1. The minimum Gasteiger partial charge on any atom is -0.398 e. The van der Waals surface area contributed by atoms with Gasteiger partial charge < -0.3 is 18.9 Å². The van der Waals surface area contributed by atoms with E-state index in [4.69, 9.17) is 23.7 Å². The van der Waals surface area contributed by atoms with Crippen molar-refractivity contribution in [3.05, 3.63) is 71.8 Å². The summed E-state index contributed by atoms with van der Waals surface area (Å²) in [6, 6.07) is 17.1. The summed E-state index contributed by atoms with van der Waals surface area (Å²) in [5.74, 6) is -8.26. The van der Waals surface area contributed by atoms with Gasteiger partial charge in [-0.25, -0.2) is 4.74 Å². The summed E-state index contributed by atoms with van der Waals surface area (Å²) in [5, 5.41) is 0. The molecule has 0 aromatic heterocycles. The van der Waals surface area contributed by atoms with Crippen LogP contribution in [0.5, 0.6) is 0 Å². The van der Waals surface area contributed by atoms with Crippen LogP contribution in [-0.2, 0) is 55.7 Å². The summed E-state index contributed by atoms with van der Waals surface area (Å²) < 4.78 is 27.2. The van der Waals surface area contributed by atoms with Gasteiger partial charge >= 0.3 is 35.8 Å². The monoisotopic (exact) mass is 458 g/mol. The third-order valence-electron chi connectivity index (χ3n) is 4.03. The van der Waals surface area contributed by atoms with Crippen molar-refractivity contribution in [1.29, 1.82) is 0 Å². The minimum atomic E-state index is -2.42. The molecule has 0 saturated heterocycles. The molecule has 0 unspecified atom stereocenters. The normalized spacial score (nSPS) is 11.3. The molecule has 9 heteroatoms. The van der Waals surface area contributed by atoms with E-state index < -0.39 is 35.8 Å². The zero-order valence-electron chi connectivity index (χ0n) is 18.9. The molecule has 2 aromatic rings. The second kappa shape index (κ2) is 11.2. The van der Waals surface area contributed by atoms with E-state index in [9.17, 15) is 19.2 Å². The Morgan fingerprint density at radius 2 is 0.818 bits per heavy atom. The summed E-state index contributed by atoms with van der Waals surface area (Å²) in [5.41, 5.74) is 1.11. The van der Waals surface area contributed by atoms with Gasteiger partial charge in [0.15, 0.2) is 0 Å². The highest BCUT2D eigenvalue weighted by Gasteiger charge is 2.52. The maximum atomic E-state index is 12.0. The van der Waals surface area contributed by atoms with Gasteiger partial charge in [0.25, 0.3) is 0 Å². The predicted octanol–water partition coefficient (Wildman–Crippen LogP) is 3.05. The van der Waals surface area contributed by atoms with Crippen LogP contribution in [0.15, 0.2) is 60.7 Å². The zero-order chi connectivity index (χ0) is 24.5. The lowest BCUT2D eigenvalue weighted by Crippen LogP contribution is -2.55. The largest absolute Gasteiger partial charge is 0.398 e. The van der Waals surface area contributed by atoms with Crippen molar-refractivity contribution >= 4 is 23.9 Å². The van der Waals surface area contributed by atoms with Crippen molar-refractivity contribution in [3.63, 3.8) is 0 Å². The van der Waals surface area contributed by atoms with Gasteiger partial charge in [0.2, 0.25) is 0 Å². The van der Waals surface area contributed by atoms with Crippen LogP contribution in [0.2, 0.25) is 0 Å². The first-order valence-electron chi connectivity index (χ1n) is 10.1. The lowest BCUT2D eigenvalue weighted by molar-refractivity contribution is -0.463. The predicted molar refractivity (Wildman–Crippen MR) is 114 cm³/mol. The quantitative estimate of drug-likeness (QED) is 0.391. The molecule has 176 valence electrons. The number of rotatable bonds is 10. The van der Waals surface area contributed by atoms with E-state index in [-0.39, 0.29) is 12.8 Å². The van der Waals surface area contributed by atoms with Gasteiger partial charge in [-0.15, -0.1) is 0 Å². The molecule has 0 aliphatic carbocycles. The first-order chi connectivity index (χ1) is 15.5. The molecule has 0 radical (unpaired) electrons. The summed E-state index contributed by atoms with van der Waals surface area (Å²) >= 11 is 0. The third-order valence-corrected chi connectivity index (χ3v) is 4.03. The molecule has 0 aliphatic rings. The molecule has 2 aromatic carbocycles. The van der Waals surface area contributed by atoms with Crippen LogP contribution in [0.25, 0.3) is 0 Å². The molecule has 9 nitrogen and oxygen atoms in total. The molecule has 0 spiro atoms. The van der Waals surface area contributed by atoms with E-state index in [1.165, 1.54) is 0 Å². The average molecular weight is 458 g/mol. The Balaban J connectivity index is 2.63. The first kappa shape index (κ1) is 25.5. The fourth-order valence-electron chi connectivity index (χ4n) is 3.15. The Morgan fingerprint density at radius 1 is 0.545 bits per heavy atom. The molecule has 0 saturated carbocycles. The van der Waals surface area contributed by atoms with E-state index in [0.717, 1.165) is 27.7 Å². The maximum absolute atomic E-state index is 12.0. The molecule has 2 rings (SSSR count). The van der Waals surface area contributed by atoms with Crippen molar-refractivity contribution in [3.8, 4) is 0 Å². The van der Waals surface area contributed by atoms with E-state index in [1.807, 2.05) is 0 Å². The summed E-state index contributed by atoms with van der Waals surface area (Å²) in [6.07, 6.45) is -0.571. The molecule has 33 heavy (non-hydrogen) atoms. The molecular weight excluding hydrogens is 432 g/mol. The van der Waals surface area contributed by atoms with Crippen LogP contribution >= 0.6 is 0 Å².